The molecule has 0 aliphatic rings. The Morgan fingerprint density at radius 2 is 2.24 bits per heavy atom. The molecule has 0 atom stereocenters. The van der Waals surface area contributed by atoms with Gasteiger partial charge in [-0.05, 0) is 0 Å². The van der Waals surface area contributed by atoms with Crippen LogP contribution in [0.15, 0.2) is 12.1 Å². The van der Waals surface area contributed by atoms with Crippen LogP contribution in [-0.4, -0.2) is 22.9 Å². The highest BCUT2D eigenvalue weighted by atomic mass is 35.5. The van der Waals surface area contributed by atoms with Crippen LogP contribution in [0, 0.1) is 21.4 Å². The van der Waals surface area contributed by atoms with Gasteiger partial charge in [-0.2, -0.15) is 5.26 Å². The molecule has 0 spiro atoms. The molecular formula is C10H5ClN2O4. The van der Waals surface area contributed by atoms with E-state index in [4.69, 9.17) is 16.9 Å². The Morgan fingerprint density at radius 1 is 1.59 bits per heavy atom. The average molecular weight is 253 g/mol. The Kier molecular flexibility index (Phi) is 3.91. The van der Waals surface area contributed by atoms with E-state index >= 15 is 0 Å². The minimum atomic E-state index is -0.747. The summed E-state index contributed by atoms with van der Waals surface area (Å²) in [6.45, 7) is 0. The lowest BCUT2D eigenvalue weighted by Crippen LogP contribution is -2.09. The number of rotatable bonds is 4. The maximum Gasteiger partial charge on any atom is 0.271 e. The molecule has 0 aromatic heterocycles. The van der Waals surface area contributed by atoms with Crippen LogP contribution in [0.3, 0.4) is 0 Å². The molecule has 0 radical (unpaired) electrons. The zero-order valence-corrected chi connectivity index (χ0v) is 9.10. The Hall–Kier alpha value is -2.26. The number of alkyl halides is 1. The first kappa shape index (κ1) is 12.8. The molecule has 7 heteroatoms. The van der Waals surface area contributed by atoms with Crippen LogP contribution < -0.4 is 0 Å². The fraction of sp³-hybridized carbons (Fsp3) is 0.100. The largest absolute Gasteiger partial charge is 0.298 e. The lowest BCUT2D eigenvalue weighted by atomic mass is 9.98. The lowest BCUT2D eigenvalue weighted by Gasteiger charge is -2.04. The zero-order chi connectivity index (χ0) is 13.0. The molecule has 1 rings (SSSR count). The lowest BCUT2D eigenvalue weighted by molar-refractivity contribution is -0.384. The predicted molar refractivity (Wildman–Crippen MR) is 58.2 cm³/mol. The summed E-state index contributed by atoms with van der Waals surface area (Å²) in [7, 11) is 0. The number of Topliss-reactive ketones (excluding diaryl/α,β-unsaturated/α-hetero) is 1. The number of nitriles is 1. The molecule has 86 valence electrons. The molecule has 0 saturated carbocycles. The van der Waals surface area contributed by atoms with Crippen LogP contribution in [-0.2, 0) is 0 Å². The second kappa shape index (κ2) is 5.18. The first-order chi connectivity index (χ1) is 8.04. The highest BCUT2D eigenvalue weighted by Crippen LogP contribution is 2.22. The van der Waals surface area contributed by atoms with Crippen LogP contribution in [0.1, 0.15) is 26.3 Å². The quantitative estimate of drug-likeness (QED) is 0.267. The monoisotopic (exact) mass is 252 g/mol. The first-order valence-corrected chi connectivity index (χ1v) is 4.85. The fourth-order valence-corrected chi connectivity index (χ4v) is 1.45. The van der Waals surface area contributed by atoms with E-state index in [1.807, 2.05) is 0 Å². The van der Waals surface area contributed by atoms with Gasteiger partial charge in [-0.15, -0.1) is 11.6 Å². The number of nitro groups is 1. The Morgan fingerprint density at radius 3 is 2.65 bits per heavy atom. The van der Waals surface area contributed by atoms with Crippen molar-refractivity contribution in [3.63, 3.8) is 0 Å². The number of non-ortho nitro benzene ring substituents is 1. The number of nitro benzene ring substituents is 1. The summed E-state index contributed by atoms with van der Waals surface area (Å²) >= 11 is 5.34. The predicted octanol–water partition coefficient (Wildman–Crippen LogP) is 1.70. The first-order valence-electron chi connectivity index (χ1n) is 4.32. The molecule has 6 nitrogen and oxygen atoms in total. The number of benzene rings is 1. The van der Waals surface area contributed by atoms with Gasteiger partial charge in [0.1, 0.15) is 6.07 Å². The number of ketones is 1. The topological polar surface area (TPSA) is 101 Å². The molecule has 0 unspecified atom stereocenters. The minimum absolute atomic E-state index is 0.178. The summed E-state index contributed by atoms with van der Waals surface area (Å²) in [5.74, 6) is -1.03. The summed E-state index contributed by atoms with van der Waals surface area (Å²) < 4.78 is 0. The fourth-order valence-electron chi connectivity index (χ4n) is 1.31. The molecule has 0 heterocycles. The molecular weight excluding hydrogens is 248 g/mol. The standard InChI is InChI=1S/C10H5ClN2O4/c11-3-9(15)10-6(4-12)1-8(13(16)17)2-7(10)5-14/h1-2,5H,3H2. The Labute approximate surface area is 101 Å². The van der Waals surface area contributed by atoms with Crippen molar-refractivity contribution in [2.45, 2.75) is 0 Å². The smallest absolute Gasteiger partial charge is 0.271 e. The van der Waals surface area contributed by atoms with Gasteiger partial charge in [0.15, 0.2) is 12.1 Å². The van der Waals surface area contributed by atoms with Gasteiger partial charge >= 0.3 is 0 Å². The van der Waals surface area contributed by atoms with Gasteiger partial charge in [0, 0.05) is 23.3 Å². The second-order valence-electron chi connectivity index (χ2n) is 3.00. The second-order valence-corrected chi connectivity index (χ2v) is 3.27. The van der Waals surface area contributed by atoms with E-state index < -0.39 is 22.3 Å². The van der Waals surface area contributed by atoms with E-state index in [9.17, 15) is 19.7 Å². The van der Waals surface area contributed by atoms with Gasteiger partial charge < -0.3 is 0 Å². The number of halogens is 1. The van der Waals surface area contributed by atoms with Crippen molar-refractivity contribution >= 4 is 29.4 Å². The van der Waals surface area contributed by atoms with Gasteiger partial charge in [-0.3, -0.25) is 19.7 Å². The van der Waals surface area contributed by atoms with Crippen molar-refractivity contribution in [2.75, 3.05) is 5.88 Å². The molecule has 17 heavy (non-hydrogen) atoms. The number of hydrogen-bond donors (Lipinski definition) is 0. The SMILES string of the molecule is N#Cc1cc([N+](=O)[O-])cc(C=O)c1C(=O)CCl. The summed E-state index contributed by atoms with van der Waals surface area (Å²) in [5.41, 5.74) is -1.04. The highest BCUT2D eigenvalue weighted by Gasteiger charge is 2.20. The van der Waals surface area contributed by atoms with E-state index in [1.165, 1.54) is 0 Å². The third-order valence-corrected chi connectivity index (χ3v) is 2.25. The molecule has 0 N–H and O–H groups in total. The van der Waals surface area contributed by atoms with Crippen LogP contribution in [0.5, 0.6) is 0 Å². The maximum absolute atomic E-state index is 11.4. The maximum atomic E-state index is 11.4. The Balaban J connectivity index is 3.59. The van der Waals surface area contributed by atoms with Gasteiger partial charge in [0.05, 0.1) is 16.4 Å². The van der Waals surface area contributed by atoms with Crippen molar-refractivity contribution in [3.05, 3.63) is 38.9 Å². The number of aldehydes is 1. The van der Waals surface area contributed by atoms with E-state index in [2.05, 4.69) is 0 Å². The minimum Gasteiger partial charge on any atom is -0.298 e. The molecule has 0 aliphatic heterocycles. The van der Waals surface area contributed by atoms with Crippen LogP contribution in [0.4, 0.5) is 5.69 Å². The van der Waals surface area contributed by atoms with E-state index in [1.54, 1.807) is 6.07 Å². The average Bonchev–Trinajstić information content (AvgIpc) is 2.35. The van der Waals surface area contributed by atoms with E-state index in [0.29, 0.717) is 0 Å². The summed E-state index contributed by atoms with van der Waals surface area (Å²) in [6, 6.07) is 3.51. The van der Waals surface area contributed by atoms with Crippen molar-refractivity contribution in [3.8, 4) is 6.07 Å². The summed E-state index contributed by atoms with van der Waals surface area (Å²) in [6.07, 6.45) is 0.285. The molecule has 0 amide bonds. The third kappa shape index (κ3) is 2.46. The molecule has 0 saturated heterocycles. The van der Waals surface area contributed by atoms with Crippen LogP contribution >= 0.6 is 11.6 Å². The number of hydrogen-bond acceptors (Lipinski definition) is 5. The summed E-state index contributed by atoms with van der Waals surface area (Å²) in [4.78, 5) is 32.0. The zero-order valence-electron chi connectivity index (χ0n) is 8.34. The molecule has 0 fully saturated rings. The van der Waals surface area contributed by atoms with E-state index in [0.717, 1.165) is 12.1 Å². The normalized spacial score (nSPS) is 9.41. The number of carbonyl (C=O) groups excluding carboxylic acids is 2. The van der Waals surface area contributed by atoms with Crippen molar-refractivity contribution in [1.29, 1.82) is 5.26 Å². The molecule has 1 aromatic rings. The molecule has 1 aromatic carbocycles. The van der Waals surface area contributed by atoms with Crippen LogP contribution in [0.2, 0.25) is 0 Å². The van der Waals surface area contributed by atoms with Gasteiger partial charge in [-0.1, -0.05) is 0 Å². The molecule has 0 bridgehead atoms. The molecule has 0 aliphatic carbocycles. The Bertz CT molecular complexity index is 548. The van der Waals surface area contributed by atoms with Crippen LogP contribution in [0.25, 0.3) is 0 Å². The van der Waals surface area contributed by atoms with Gasteiger partial charge in [-0.25, -0.2) is 0 Å². The van der Waals surface area contributed by atoms with Gasteiger partial charge in [0.25, 0.3) is 5.69 Å². The highest BCUT2D eigenvalue weighted by molar-refractivity contribution is 6.31. The van der Waals surface area contributed by atoms with Crippen molar-refractivity contribution in [2.24, 2.45) is 0 Å². The van der Waals surface area contributed by atoms with Gasteiger partial charge in [0.2, 0.25) is 0 Å². The van der Waals surface area contributed by atoms with Crippen molar-refractivity contribution in [1.82, 2.24) is 0 Å². The number of nitrogens with zero attached hydrogens (tertiary/aromatic N) is 2. The third-order valence-electron chi connectivity index (χ3n) is 2.01. The van der Waals surface area contributed by atoms with Crippen molar-refractivity contribution < 1.29 is 14.5 Å². The summed E-state index contributed by atoms with van der Waals surface area (Å²) in [5, 5.41) is 19.4. The number of carbonyl (C=O) groups is 2. The van der Waals surface area contributed by atoms with E-state index in [-0.39, 0.29) is 23.0 Å².